The first kappa shape index (κ1) is 20.7. The van der Waals surface area contributed by atoms with Gasteiger partial charge in [0.25, 0.3) is 0 Å². The summed E-state index contributed by atoms with van der Waals surface area (Å²) in [5.74, 6) is 1.97. The predicted molar refractivity (Wildman–Crippen MR) is 122 cm³/mol. The number of aryl methyl sites for hydroxylation is 1. The molecule has 1 aliphatic rings. The Balaban J connectivity index is 1.73. The molecule has 2 aromatic heterocycles. The number of aromatic nitrogens is 3. The first-order valence-electron chi connectivity index (χ1n) is 11.0. The second kappa shape index (κ2) is 8.26. The highest BCUT2D eigenvalue weighted by Gasteiger charge is 2.25. The molecule has 1 aliphatic carbocycles. The van der Waals surface area contributed by atoms with Gasteiger partial charge in [0.15, 0.2) is 5.65 Å². The third kappa shape index (κ3) is 4.29. The van der Waals surface area contributed by atoms with Gasteiger partial charge in [-0.05, 0) is 49.9 Å². The minimum absolute atomic E-state index is 0.182. The predicted octanol–water partition coefficient (Wildman–Crippen LogP) is 2.87. The number of fused-ring (bicyclic) bond motifs is 2. The highest BCUT2D eigenvalue weighted by atomic mass is 16.5. The number of nitrogens with zero attached hydrogens (tertiary/aromatic N) is 3. The fourth-order valence-corrected chi connectivity index (χ4v) is 4.58. The molecule has 0 fully saturated rings. The Bertz CT molecular complexity index is 1020. The van der Waals surface area contributed by atoms with Crippen molar-refractivity contribution in [2.45, 2.75) is 39.5 Å². The molecule has 6 heteroatoms. The molecule has 30 heavy (non-hydrogen) atoms. The largest absolute Gasteiger partial charge is 0.497 e. The average molecular weight is 409 g/mol. The van der Waals surface area contributed by atoms with E-state index in [-0.39, 0.29) is 5.41 Å². The maximum absolute atomic E-state index is 5.29. The Kier molecular flexibility index (Phi) is 5.69. The molecule has 1 aromatic carbocycles. The summed E-state index contributed by atoms with van der Waals surface area (Å²) in [6.45, 7) is 6.65. The number of anilines is 1. The Morgan fingerprint density at radius 3 is 2.57 bits per heavy atom. The zero-order valence-corrected chi connectivity index (χ0v) is 18.9. The van der Waals surface area contributed by atoms with Crippen molar-refractivity contribution in [2.24, 2.45) is 5.41 Å². The van der Waals surface area contributed by atoms with Crippen LogP contribution in [0.4, 0.5) is 5.82 Å². The number of ether oxygens (including phenoxy) is 1. The van der Waals surface area contributed by atoms with Gasteiger partial charge in [-0.1, -0.05) is 13.8 Å². The minimum Gasteiger partial charge on any atom is -0.497 e. The summed E-state index contributed by atoms with van der Waals surface area (Å²) in [7, 11) is 6.11. The molecule has 0 unspecified atom stereocenters. The van der Waals surface area contributed by atoms with Gasteiger partial charge >= 0.3 is 0 Å². The molecule has 0 amide bonds. The number of nitrogens with one attached hydrogen (secondary N) is 2. The fraction of sp³-hybridized carbons (Fsp3) is 0.500. The Hall–Kier alpha value is -2.60. The monoisotopic (exact) mass is 408 g/mol. The van der Waals surface area contributed by atoms with Gasteiger partial charge in [0.1, 0.15) is 11.6 Å². The minimum atomic E-state index is 0.182. The van der Waals surface area contributed by atoms with Crippen LogP contribution in [0.3, 0.4) is 0 Å². The van der Waals surface area contributed by atoms with Crippen LogP contribution in [0.25, 0.3) is 16.9 Å². The Morgan fingerprint density at radius 2 is 1.87 bits per heavy atom. The van der Waals surface area contributed by atoms with E-state index in [0.29, 0.717) is 0 Å². The molecule has 0 radical (unpaired) electrons. The molecule has 160 valence electrons. The van der Waals surface area contributed by atoms with E-state index >= 15 is 0 Å². The molecule has 0 aliphatic heterocycles. The van der Waals surface area contributed by atoms with Crippen LogP contribution in [0, 0.1) is 5.41 Å². The third-order valence-electron chi connectivity index (χ3n) is 5.83. The topological polar surface area (TPSA) is 55.9 Å². The smallest absolute Gasteiger partial charge is 0.158 e. The number of benzene rings is 1. The lowest BCUT2D eigenvalue weighted by Gasteiger charge is -2.28. The molecule has 3 aromatic rings. The molecular weight excluding hydrogens is 374 g/mol. The van der Waals surface area contributed by atoms with Crippen molar-refractivity contribution < 1.29 is 9.64 Å². The highest BCUT2D eigenvalue weighted by Crippen LogP contribution is 2.31. The van der Waals surface area contributed by atoms with Crippen LogP contribution in [-0.4, -0.2) is 48.9 Å². The lowest BCUT2D eigenvalue weighted by molar-refractivity contribution is -0.865. The number of quaternary nitrogens is 1. The number of hydrogen-bond donors (Lipinski definition) is 2. The van der Waals surface area contributed by atoms with E-state index < -0.39 is 0 Å². The van der Waals surface area contributed by atoms with Crippen molar-refractivity contribution in [2.75, 3.05) is 39.6 Å². The number of hydrogen-bond acceptors (Lipinski definition) is 4. The summed E-state index contributed by atoms with van der Waals surface area (Å²) in [5.41, 5.74) is 5.68. The standard InChI is InChI=1S/C24H33N5O/c1-24(2,16-28(3)4)15-25-23-19-8-6-7-9-20(19)26-22-14-21(27-29(22)23)17-10-12-18(30-5)13-11-17/h10-14,25H,6-9,15-16H2,1-5H3/p+1. The highest BCUT2D eigenvalue weighted by molar-refractivity contribution is 5.67. The van der Waals surface area contributed by atoms with Crippen LogP contribution < -0.4 is 15.0 Å². The van der Waals surface area contributed by atoms with Crippen molar-refractivity contribution in [1.82, 2.24) is 14.6 Å². The van der Waals surface area contributed by atoms with Crippen LogP contribution >= 0.6 is 0 Å². The summed E-state index contributed by atoms with van der Waals surface area (Å²) in [5, 5.41) is 8.73. The van der Waals surface area contributed by atoms with Crippen LogP contribution in [0.5, 0.6) is 5.75 Å². The van der Waals surface area contributed by atoms with E-state index in [1.165, 1.54) is 29.0 Å². The SMILES string of the molecule is COc1ccc(-c2cc3nc4c(c(NCC(C)(C)C[NH+](C)C)n3n2)CCCC4)cc1. The maximum Gasteiger partial charge on any atom is 0.158 e. The lowest BCUT2D eigenvalue weighted by Crippen LogP contribution is -3.07. The lowest BCUT2D eigenvalue weighted by atomic mass is 9.92. The van der Waals surface area contributed by atoms with E-state index in [0.717, 1.165) is 54.4 Å². The molecule has 0 saturated heterocycles. The van der Waals surface area contributed by atoms with Crippen molar-refractivity contribution >= 4 is 11.5 Å². The van der Waals surface area contributed by atoms with Crippen molar-refractivity contribution in [3.8, 4) is 17.0 Å². The van der Waals surface area contributed by atoms with Crippen LogP contribution in [0.1, 0.15) is 37.9 Å². The van der Waals surface area contributed by atoms with Crippen molar-refractivity contribution in [1.29, 1.82) is 0 Å². The van der Waals surface area contributed by atoms with Gasteiger partial charge in [-0.15, -0.1) is 0 Å². The van der Waals surface area contributed by atoms with E-state index in [9.17, 15) is 0 Å². The van der Waals surface area contributed by atoms with Crippen LogP contribution in [0.2, 0.25) is 0 Å². The first-order chi connectivity index (χ1) is 14.4. The molecule has 2 N–H and O–H groups in total. The summed E-state index contributed by atoms with van der Waals surface area (Å²) in [6, 6.07) is 10.1. The van der Waals surface area contributed by atoms with Gasteiger partial charge in [-0.2, -0.15) is 9.61 Å². The summed E-state index contributed by atoms with van der Waals surface area (Å²) >= 11 is 0. The van der Waals surface area contributed by atoms with Gasteiger partial charge in [-0.3, -0.25) is 0 Å². The third-order valence-corrected chi connectivity index (χ3v) is 5.83. The Labute approximate surface area is 179 Å². The zero-order chi connectivity index (χ0) is 21.3. The van der Waals surface area contributed by atoms with Gasteiger partial charge in [0.2, 0.25) is 0 Å². The van der Waals surface area contributed by atoms with Crippen LogP contribution in [-0.2, 0) is 12.8 Å². The second-order valence-electron chi connectivity index (χ2n) is 9.52. The molecule has 6 nitrogen and oxygen atoms in total. The zero-order valence-electron chi connectivity index (χ0n) is 18.9. The van der Waals surface area contributed by atoms with Gasteiger partial charge < -0.3 is 15.0 Å². The van der Waals surface area contributed by atoms with Crippen molar-refractivity contribution in [3.05, 3.63) is 41.6 Å². The quantitative estimate of drug-likeness (QED) is 0.631. The normalized spacial score (nSPS) is 14.2. The number of rotatable bonds is 7. The molecule has 0 spiro atoms. The van der Waals surface area contributed by atoms with E-state index in [1.807, 2.05) is 16.6 Å². The van der Waals surface area contributed by atoms with Gasteiger partial charge in [-0.25, -0.2) is 4.98 Å². The first-order valence-corrected chi connectivity index (χ1v) is 11.0. The van der Waals surface area contributed by atoms with Gasteiger partial charge in [0.05, 0.1) is 33.4 Å². The second-order valence-corrected chi connectivity index (χ2v) is 9.52. The molecule has 2 heterocycles. The fourth-order valence-electron chi connectivity index (χ4n) is 4.58. The van der Waals surface area contributed by atoms with Crippen molar-refractivity contribution in [3.63, 3.8) is 0 Å². The molecular formula is C24H34N5O+. The Morgan fingerprint density at radius 1 is 1.13 bits per heavy atom. The molecule has 0 atom stereocenters. The maximum atomic E-state index is 5.29. The van der Waals surface area contributed by atoms with E-state index in [2.05, 4.69) is 51.5 Å². The molecule has 4 rings (SSSR count). The molecule has 0 saturated carbocycles. The summed E-state index contributed by atoms with van der Waals surface area (Å²) in [4.78, 5) is 6.44. The summed E-state index contributed by atoms with van der Waals surface area (Å²) < 4.78 is 7.31. The number of methoxy groups -OCH3 is 1. The molecule has 0 bridgehead atoms. The summed E-state index contributed by atoms with van der Waals surface area (Å²) in [6.07, 6.45) is 4.55. The van der Waals surface area contributed by atoms with Gasteiger partial charge in [0, 0.05) is 34.8 Å². The van der Waals surface area contributed by atoms with E-state index in [4.69, 9.17) is 14.8 Å². The average Bonchev–Trinajstić information content (AvgIpc) is 3.14. The van der Waals surface area contributed by atoms with E-state index in [1.54, 1.807) is 7.11 Å². The van der Waals surface area contributed by atoms with Crippen LogP contribution in [0.15, 0.2) is 30.3 Å².